The summed E-state index contributed by atoms with van der Waals surface area (Å²) in [5.74, 6) is 0. The van der Waals surface area contributed by atoms with Gasteiger partial charge in [-0.05, 0) is 24.3 Å². The molecule has 84 valence electrons. The van der Waals surface area contributed by atoms with Crippen LogP contribution in [0.15, 0.2) is 65.9 Å². The molecule has 1 aromatic carbocycles. The van der Waals surface area contributed by atoms with Gasteiger partial charge in [-0.1, -0.05) is 18.7 Å². The number of aliphatic imine (C=N–C) groups is 1. The number of hydrogen-bond acceptors (Lipinski definition) is 3. The van der Waals surface area contributed by atoms with Gasteiger partial charge >= 0.3 is 0 Å². The summed E-state index contributed by atoms with van der Waals surface area (Å²) < 4.78 is 0. The van der Waals surface area contributed by atoms with Gasteiger partial charge in [0.15, 0.2) is 0 Å². The van der Waals surface area contributed by atoms with E-state index in [0.29, 0.717) is 0 Å². The van der Waals surface area contributed by atoms with Gasteiger partial charge in [0.1, 0.15) is 0 Å². The molecule has 2 aromatic rings. The van der Waals surface area contributed by atoms with E-state index in [1.165, 1.54) is 6.20 Å². The van der Waals surface area contributed by atoms with Crippen LogP contribution in [-0.2, 0) is 0 Å². The van der Waals surface area contributed by atoms with Crippen LogP contribution in [0.1, 0.15) is 0 Å². The van der Waals surface area contributed by atoms with Gasteiger partial charge in [0.05, 0.1) is 11.2 Å². The third-order valence-electron chi connectivity index (χ3n) is 2.40. The van der Waals surface area contributed by atoms with Gasteiger partial charge in [-0.3, -0.25) is 9.98 Å². The number of pyridine rings is 1. The quantitative estimate of drug-likeness (QED) is 0.642. The van der Waals surface area contributed by atoms with Crippen molar-refractivity contribution in [2.45, 2.75) is 0 Å². The van der Waals surface area contributed by atoms with Crippen LogP contribution < -0.4 is 5.73 Å². The Morgan fingerprint density at radius 1 is 1.29 bits per heavy atom. The molecule has 0 aliphatic carbocycles. The molecule has 3 nitrogen and oxygen atoms in total. The zero-order chi connectivity index (χ0) is 12.1. The molecule has 2 N–H and O–H groups in total. The van der Waals surface area contributed by atoms with Gasteiger partial charge in [-0.25, -0.2) is 0 Å². The van der Waals surface area contributed by atoms with Gasteiger partial charge in [0.2, 0.25) is 0 Å². The summed E-state index contributed by atoms with van der Waals surface area (Å²) in [4.78, 5) is 8.67. The molecule has 0 bridgehead atoms. The molecule has 17 heavy (non-hydrogen) atoms. The van der Waals surface area contributed by atoms with Crippen molar-refractivity contribution in [3.63, 3.8) is 0 Å². The lowest BCUT2D eigenvalue weighted by Crippen LogP contribution is -1.86. The summed E-state index contributed by atoms with van der Waals surface area (Å²) in [5.41, 5.74) is 8.01. The fraction of sp³-hybridized carbons (Fsp3) is 0. The van der Waals surface area contributed by atoms with E-state index in [1.807, 2.05) is 30.3 Å². The van der Waals surface area contributed by atoms with Crippen molar-refractivity contribution >= 4 is 22.8 Å². The van der Waals surface area contributed by atoms with E-state index in [2.05, 4.69) is 16.6 Å². The molecule has 0 aliphatic rings. The van der Waals surface area contributed by atoms with Crippen LogP contribution in [0.4, 0.5) is 5.69 Å². The summed E-state index contributed by atoms with van der Waals surface area (Å²) in [6, 6.07) is 9.73. The molecule has 0 saturated heterocycles. The van der Waals surface area contributed by atoms with Gasteiger partial charge in [0.25, 0.3) is 0 Å². The Labute approximate surface area is 100 Å². The third-order valence-corrected chi connectivity index (χ3v) is 2.40. The SMILES string of the molecule is C=CC(C=Nc1cccc2ncccc12)=CN. The average Bonchev–Trinajstić information content (AvgIpc) is 2.40. The third kappa shape index (κ3) is 2.39. The molecule has 1 aromatic heterocycles. The van der Waals surface area contributed by atoms with Crippen molar-refractivity contribution in [3.8, 4) is 0 Å². The maximum atomic E-state index is 5.42. The van der Waals surface area contributed by atoms with Crippen LogP contribution in [0.25, 0.3) is 10.9 Å². The minimum Gasteiger partial charge on any atom is -0.404 e. The van der Waals surface area contributed by atoms with E-state index in [0.717, 1.165) is 22.2 Å². The minimum absolute atomic E-state index is 0.783. The first-order valence-electron chi connectivity index (χ1n) is 5.27. The zero-order valence-electron chi connectivity index (χ0n) is 9.38. The minimum atomic E-state index is 0.783. The van der Waals surface area contributed by atoms with Crippen molar-refractivity contribution in [3.05, 3.63) is 61.0 Å². The van der Waals surface area contributed by atoms with E-state index in [9.17, 15) is 0 Å². The smallest absolute Gasteiger partial charge is 0.0723 e. The van der Waals surface area contributed by atoms with E-state index in [-0.39, 0.29) is 0 Å². The predicted molar refractivity (Wildman–Crippen MR) is 72.4 cm³/mol. The molecular formula is C14H13N3. The van der Waals surface area contributed by atoms with Crippen molar-refractivity contribution in [2.24, 2.45) is 10.7 Å². The summed E-state index contributed by atoms with van der Waals surface area (Å²) in [5, 5.41) is 1.02. The fourth-order valence-electron chi connectivity index (χ4n) is 1.51. The molecule has 2 rings (SSSR count). The fourth-order valence-corrected chi connectivity index (χ4v) is 1.51. The van der Waals surface area contributed by atoms with Crippen LogP contribution in [0, 0.1) is 0 Å². The van der Waals surface area contributed by atoms with Crippen LogP contribution in [0.3, 0.4) is 0 Å². The monoisotopic (exact) mass is 223 g/mol. The van der Waals surface area contributed by atoms with Crippen molar-refractivity contribution in [1.82, 2.24) is 4.98 Å². The zero-order valence-corrected chi connectivity index (χ0v) is 9.38. The van der Waals surface area contributed by atoms with Gasteiger partial charge in [-0.15, -0.1) is 0 Å². The molecule has 0 spiro atoms. The number of rotatable bonds is 3. The highest BCUT2D eigenvalue weighted by Crippen LogP contribution is 2.23. The van der Waals surface area contributed by atoms with Crippen LogP contribution in [-0.4, -0.2) is 11.2 Å². The maximum absolute atomic E-state index is 5.42. The maximum Gasteiger partial charge on any atom is 0.0723 e. The molecule has 0 radical (unpaired) electrons. The highest BCUT2D eigenvalue weighted by molar-refractivity contribution is 5.93. The number of fused-ring (bicyclic) bond motifs is 1. The molecule has 0 aliphatic heterocycles. The number of aromatic nitrogens is 1. The molecule has 3 heteroatoms. The lowest BCUT2D eigenvalue weighted by atomic mass is 10.2. The number of nitrogens with zero attached hydrogens (tertiary/aromatic N) is 2. The molecule has 1 heterocycles. The molecule has 0 unspecified atom stereocenters. The Morgan fingerprint density at radius 2 is 2.18 bits per heavy atom. The van der Waals surface area contributed by atoms with Crippen LogP contribution >= 0.6 is 0 Å². The molecular weight excluding hydrogens is 210 g/mol. The normalized spacial score (nSPS) is 12.1. The lowest BCUT2D eigenvalue weighted by Gasteiger charge is -2.00. The van der Waals surface area contributed by atoms with Gasteiger partial charge < -0.3 is 5.73 Å². The van der Waals surface area contributed by atoms with Crippen LogP contribution in [0.5, 0.6) is 0 Å². The first kappa shape index (κ1) is 11.1. The van der Waals surface area contributed by atoms with Gasteiger partial charge in [0, 0.05) is 29.6 Å². The second kappa shape index (κ2) is 5.07. The second-order valence-corrected chi connectivity index (χ2v) is 3.48. The first-order chi connectivity index (χ1) is 8.35. The summed E-state index contributed by atoms with van der Waals surface area (Å²) in [6.07, 6.45) is 6.59. The highest BCUT2D eigenvalue weighted by Gasteiger charge is 1.98. The average molecular weight is 223 g/mol. The predicted octanol–water partition coefficient (Wildman–Crippen LogP) is 2.97. The Balaban J connectivity index is 2.46. The largest absolute Gasteiger partial charge is 0.404 e. The Morgan fingerprint density at radius 3 is 2.94 bits per heavy atom. The van der Waals surface area contributed by atoms with Crippen LogP contribution in [0.2, 0.25) is 0 Å². The van der Waals surface area contributed by atoms with Crippen molar-refractivity contribution in [1.29, 1.82) is 0 Å². The topological polar surface area (TPSA) is 51.3 Å². The Bertz CT molecular complexity index is 592. The molecule has 0 atom stereocenters. The number of benzene rings is 1. The van der Waals surface area contributed by atoms with E-state index in [1.54, 1.807) is 18.5 Å². The van der Waals surface area contributed by atoms with E-state index < -0.39 is 0 Å². The molecule has 0 saturated carbocycles. The van der Waals surface area contributed by atoms with E-state index >= 15 is 0 Å². The molecule has 0 amide bonds. The number of allylic oxidation sites excluding steroid dienone is 2. The summed E-state index contributed by atoms with van der Waals surface area (Å²) in [7, 11) is 0. The highest BCUT2D eigenvalue weighted by atomic mass is 14.7. The van der Waals surface area contributed by atoms with Crippen molar-refractivity contribution in [2.75, 3.05) is 0 Å². The molecule has 0 fully saturated rings. The number of hydrogen-bond donors (Lipinski definition) is 1. The Kier molecular flexibility index (Phi) is 3.31. The Hall–Kier alpha value is -2.42. The second-order valence-electron chi connectivity index (χ2n) is 3.48. The van der Waals surface area contributed by atoms with E-state index in [4.69, 9.17) is 5.73 Å². The summed E-state index contributed by atoms with van der Waals surface area (Å²) >= 11 is 0. The summed E-state index contributed by atoms with van der Waals surface area (Å²) in [6.45, 7) is 3.65. The first-order valence-corrected chi connectivity index (χ1v) is 5.27. The lowest BCUT2D eigenvalue weighted by molar-refractivity contribution is 1.40. The standard InChI is InChI=1S/C14H13N3/c1-2-11(9-15)10-17-14-7-3-6-13-12(14)5-4-8-16-13/h2-10H,1,15H2. The van der Waals surface area contributed by atoms with Crippen molar-refractivity contribution < 1.29 is 0 Å². The number of nitrogens with two attached hydrogens (primary N) is 1. The van der Waals surface area contributed by atoms with Gasteiger partial charge in [-0.2, -0.15) is 0 Å².